The average Bonchev–Trinajstić information content (AvgIpc) is 2.82. The van der Waals surface area contributed by atoms with Gasteiger partial charge in [0.2, 0.25) is 0 Å². The molecule has 1 atom stereocenters. The number of rotatable bonds is 6. The first-order chi connectivity index (χ1) is 8.81. The maximum Gasteiger partial charge on any atom is 0.0518 e. The predicted molar refractivity (Wildman–Crippen MR) is 87.8 cm³/mol. The highest BCUT2D eigenvalue weighted by Crippen LogP contribution is 2.35. The van der Waals surface area contributed by atoms with Crippen LogP contribution >= 0.6 is 39.0 Å². The summed E-state index contributed by atoms with van der Waals surface area (Å²) in [6.45, 7) is 3.24. The van der Waals surface area contributed by atoms with Crippen LogP contribution < -0.4 is 5.32 Å². The molecule has 1 aromatic rings. The molecular weight excluding hydrogens is 326 g/mol. The van der Waals surface area contributed by atoms with E-state index in [-0.39, 0.29) is 0 Å². The van der Waals surface area contributed by atoms with E-state index < -0.39 is 0 Å². The third kappa shape index (κ3) is 4.26. The molecule has 0 aliphatic heterocycles. The number of thiophene rings is 1. The molecule has 1 nitrogen and oxygen atoms in total. The van der Waals surface area contributed by atoms with E-state index in [0.717, 1.165) is 11.8 Å². The van der Waals surface area contributed by atoms with E-state index in [0.29, 0.717) is 6.04 Å². The Hall–Kier alpha value is 0.490. The van der Waals surface area contributed by atoms with Gasteiger partial charge in [0.15, 0.2) is 0 Å². The van der Waals surface area contributed by atoms with Gasteiger partial charge in [-0.15, -0.1) is 11.3 Å². The van der Waals surface area contributed by atoms with E-state index in [1.165, 1.54) is 47.2 Å². The summed E-state index contributed by atoms with van der Waals surface area (Å²) in [5.74, 6) is 1.21. The van der Waals surface area contributed by atoms with Gasteiger partial charge in [-0.25, -0.2) is 0 Å². The normalized spacial score (nSPS) is 19.0. The average molecular weight is 348 g/mol. The van der Waals surface area contributed by atoms with E-state index in [4.69, 9.17) is 0 Å². The molecular formula is C14H22BrNS2. The molecule has 102 valence electrons. The van der Waals surface area contributed by atoms with Crippen molar-refractivity contribution in [3.63, 3.8) is 0 Å². The Morgan fingerprint density at radius 1 is 1.44 bits per heavy atom. The Labute approximate surface area is 127 Å². The summed E-state index contributed by atoms with van der Waals surface area (Å²) in [7, 11) is 0. The Morgan fingerprint density at radius 2 is 2.22 bits per heavy atom. The van der Waals surface area contributed by atoms with Crippen LogP contribution in [0.4, 0.5) is 0 Å². The second kappa shape index (κ2) is 7.93. The minimum Gasteiger partial charge on any atom is -0.309 e. The van der Waals surface area contributed by atoms with Crippen LogP contribution in [-0.2, 0) is 0 Å². The summed E-state index contributed by atoms with van der Waals surface area (Å²) < 4.78 is 1.27. The fourth-order valence-electron chi connectivity index (χ4n) is 2.49. The lowest BCUT2D eigenvalue weighted by Gasteiger charge is -2.24. The smallest absolute Gasteiger partial charge is 0.0518 e. The molecule has 18 heavy (non-hydrogen) atoms. The summed E-state index contributed by atoms with van der Waals surface area (Å²) in [6, 6.07) is 2.67. The van der Waals surface area contributed by atoms with Crippen molar-refractivity contribution >= 4 is 39.0 Å². The van der Waals surface area contributed by atoms with Crippen LogP contribution in [0.3, 0.4) is 0 Å². The first kappa shape index (κ1) is 14.9. The van der Waals surface area contributed by atoms with Crippen molar-refractivity contribution < 1.29 is 0 Å². The Balaban J connectivity index is 1.88. The molecule has 0 aromatic carbocycles. The van der Waals surface area contributed by atoms with Crippen LogP contribution in [0.25, 0.3) is 0 Å². The van der Waals surface area contributed by atoms with Gasteiger partial charge in [0, 0.05) is 20.4 Å². The van der Waals surface area contributed by atoms with Gasteiger partial charge in [0.25, 0.3) is 0 Å². The number of hydrogen-bond donors (Lipinski definition) is 1. The van der Waals surface area contributed by atoms with Gasteiger partial charge >= 0.3 is 0 Å². The molecule has 4 heteroatoms. The third-order valence-electron chi connectivity index (χ3n) is 3.46. The SMILES string of the molecule is CCNC(CSC1CCCCC1)c1sccc1Br. The van der Waals surface area contributed by atoms with Gasteiger partial charge in [0.1, 0.15) is 0 Å². The van der Waals surface area contributed by atoms with Crippen molar-refractivity contribution in [1.82, 2.24) is 5.32 Å². The fraction of sp³-hybridized carbons (Fsp3) is 0.714. The quantitative estimate of drug-likeness (QED) is 0.756. The van der Waals surface area contributed by atoms with Crippen LogP contribution in [0.5, 0.6) is 0 Å². The number of halogens is 1. The van der Waals surface area contributed by atoms with Gasteiger partial charge in [0.05, 0.1) is 6.04 Å². The summed E-state index contributed by atoms with van der Waals surface area (Å²) in [6.07, 6.45) is 7.17. The van der Waals surface area contributed by atoms with Gasteiger partial charge in [-0.1, -0.05) is 26.2 Å². The molecule has 0 radical (unpaired) electrons. The van der Waals surface area contributed by atoms with E-state index in [1.807, 2.05) is 11.3 Å². The highest BCUT2D eigenvalue weighted by atomic mass is 79.9. The molecule has 0 saturated heterocycles. The fourth-order valence-corrected chi connectivity index (χ4v) is 5.74. The zero-order valence-corrected chi connectivity index (χ0v) is 14.2. The van der Waals surface area contributed by atoms with Crippen molar-refractivity contribution in [3.05, 3.63) is 20.8 Å². The third-order valence-corrected chi connectivity index (χ3v) is 6.92. The van der Waals surface area contributed by atoms with Crippen LogP contribution in [0.15, 0.2) is 15.9 Å². The van der Waals surface area contributed by atoms with Crippen molar-refractivity contribution in [3.8, 4) is 0 Å². The molecule has 1 saturated carbocycles. The minimum atomic E-state index is 0.510. The Bertz CT molecular complexity index is 347. The van der Waals surface area contributed by atoms with E-state index in [9.17, 15) is 0 Å². The summed E-state index contributed by atoms with van der Waals surface area (Å²) in [5, 5.41) is 6.70. The van der Waals surface area contributed by atoms with E-state index >= 15 is 0 Å². The van der Waals surface area contributed by atoms with E-state index in [1.54, 1.807) is 0 Å². The van der Waals surface area contributed by atoms with Crippen molar-refractivity contribution in [2.75, 3.05) is 12.3 Å². The number of hydrogen-bond acceptors (Lipinski definition) is 3. The highest BCUT2D eigenvalue weighted by Gasteiger charge is 2.19. The second-order valence-corrected chi connectivity index (χ2v) is 7.97. The van der Waals surface area contributed by atoms with Crippen molar-refractivity contribution in [2.45, 2.75) is 50.3 Å². The monoisotopic (exact) mass is 347 g/mol. The summed E-state index contributed by atoms with van der Waals surface area (Å²) in [5.41, 5.74) is 0. The zero-order chi connectivity index (χ0) is 12.8. The largest absolute Gasteiger partial charge is 0.309 e. The maximum absolute atomic E-state index is 3.66. The molecule has 0 bridgehead atoms. The van der Waals surface area contributed by atoms with Crippen LogP contribution in [0, 0.1) is 0 Å². The number of nitrogens with one attached hydrogen (secondary N) is 1. The maximum atomic E-state index is 3.66. The highest BCUT2D eigenvalue weighted by molar-refractivity contribution is 9.10. The molecule has 0 spiro atoms. The molecule has 1 unspecified atom stereocenters. The molecule has 1 heterocycles. The van der Waals surface area contributed by atoms with E-state index in [2.05, 4.69) is 51.4 Å². The summed E-state index contributed by atoms with van der Waals surface area (Å²) >= 11 is 7.70. The van der Waals surface area contributed by atoms with Crippen molar-refractivity contribution in [1.29, 1.82) is 0 Å². The van der Waals surface area contributed by atoms with Crippen LogP contribution in [0.1, 0.15) is 49.9 Å². The first-order valence-corrected chi connectivity index (χ1v) is 9.61. The standard InChI is InChI=1S/C14H22BrNS2/c1-2-16-13(14-12(15)8-9-17-14)10-18-11-6-4-3-5-7-11/h8-9,11,13,16H,2-7,10H2,1H3. The van der Waals surface area contributed by atoms with Gasteiger partial charge in [-0.05, 0) is 46.8 Å². The topological polar surface area (TPSA) is 12.0 Å². The second-order valence-electron chi connectivity index (χ2n) is 4.84. The Morgan fingerprint density at radius 3 is 2.83 bits per heavy atom. The van der Waals surface area contributed by atoms with Crippen LogP contribution in [0.2, 0.25) is 0 Å². The number of thioether (sulfide) groups is 1. The predicted octanol–water partition coefficient (Wildman–Crippen LogP) is 5.23. The summed E-state index contributed by atoms with van der Waals surface area (Å²) in [4.78, 5) is 1.46. The van der Waals surface area contributed by atoms with Gasteiger partial charge in [-0.2, -0.15) is 11.8 Å². The molecule has 2 rings (SSSR count). The van der Waals surface area contributed by atoms with Gasteiger partial charge < -0.3 is 5.32 Å². The van der Waals surface area contributed by atoms with Crippen molar-refractivity contribution in [2.24, 2.45) is 0 Å². The lowest BCUT2D eigenvalue weighted by Crippen LogP contribution is -2.23. The molecule has 1 N–H and O–H groups in total. The molecule has 1 aliphatic carbocycles. The first-order valence-electron chi connectivity index (χ1n) is 6.89. The molecule has 0 amide bonds. The lowest BCUT2D eigenvalue weighted by atomic mass is 10.0. The molecule has 1 aromatic heterocycles. The molecule has 1 fully saturated rings. The van der Waals surface area contributed by atoms with Gasteiger partial charge in [-0.3, -0.25) is 0 Å². The lowest BCUT2D eigenvalue weighted by molar-refractivity contribution is 0.514. The zero-order valence-electron chi connectivity index (χ0n) is 11.0. The minimum absolute atomic E-state index is 0.510. The van der Waals surface area contributed by atoms with Crippen LogP contribution in [-0.4, -0.2) is 17.5 Å². The Kier molecular flexibility index (Phi) is 6.56. The molecule has 1 aliphatic rings.